The molecule has 88 valence electrons. The second-order valence-corrected chi connectivity index (χ2v) is 4.19. The molecule has 0 saturated carbocycles. The van der Waals surface area contributed by atoms with Crippen LogP contribution in [0, 0.1) is 0 Å². The van der Waals surface area contributed by atoms with Crippen LogP contribution in [-0.2, 0) is 6.42 Å². The van der Waals surface area contributed by atoms with Gasteiger partial charge in [-0.25, -0.2) is 0 Å². The van der Waals surface area contributed by atoms with Gasteiger partial charge in [-0.1, -0.05) is 31.9 Å². The summed E-state index contributed by atoms with van der Waals surface area (Å²) in [5, 5.41) is 0. The second-order valence-electron chi connectivity index (χ2n) is 4.19. The first kappa shape index (κ1) is 11.8. The van der Waals surface area contributed by atoms with Gasteiger partial charge in [-0.2, -0.15) is 0 Å². The lowest BCUT2D eigenvalue weighted by Gasteiger charge is -2.03. The van der Waals surface area contributed by atoms with E-state index < -0.39 is 0 Å². The summed E-state index contributed by atoms with van der Waals surface area (Å²) in [6.07, 6.45) is 6.61. The van der Waals surface area contributed by atoms with Crippen molar-refractivity contribution in [3.8, 4) is 11.4 Å². The van der Waals surface area contributed by atoms with Gasteiger partial charge in [0, 0.05) is 11.9 Å². The molecule has 0 unspecified atom stereocenters. The molecule has 0 saturated heterocycles. The first-order valence-corrected chi connectivity index (χ1v) is 6.27. The van der Waals surface area contributed by atoms with Crippen molar-refractivity contribution in [2.75, 3.05) is 0 Å². The van der Waals surface area contributed by atoms with Crippen LogP contribution in [0.2, 0.25) is 0 Å². The maximum atomic E-state index is 4.65. The monoisotopic (exact) mass is 226 g/mol. The molecule has 2 heterocycles. The molecule has 0 aromatic carbocycles. The molecule has 0 N–H and O–H groups in total. The van der Waals surface area contributed by atoms with E-state index in [2.05, 4.69) is 29.0 Å². The van der Waals surface area contributed by atoms with Gasteiger partial charge in [-0.05, 0) is 37.1 Å². The van der Waals surface area contributed by atoms with Crippen LogP contribution in [0.1, 0.15) is 31.9 Å². The Hall–Kier alpha value is -1.70. The third-order valence-corrected chi connectivity index (χ3v) is 2.77. The number of rotatable bonds is 5. The fourth-order valence-electron chi connectivity index (χ4n) is 1.83. The summed E-state index contributed by atoms with van der Waals surface area (Å²) in [5.74, 6) is 0. The molecule has 2 heteroatoms. The Morgan fingerprint density at radius 2 is 1.82 bits per heavy atom. The maximum Gasteiger partial charge on any atom is 0.0889 e. The molecule has 0 atom stereocenters. The van der Waals surface area contributed by atoms with Crippen LogP contribution in [0.25, 0.3) is 11.4 Å². The van der Waals surface area contributed by atoms with Crippen molar-refractivity contribution in [3.05, 3.63) is 48.3 Å². The minimum Gasteiger partial charge on any atom is -0.255 e. The van der Waals surface area contributed by atoms with Gasteiger partial charge in [-0.3, -0.25) is 9.97 Å². The fraction of sp³-hybridized carbons (Fsp3) is 0.333. The minimum atomic E-state index is 0.949. The summed E-state index contributed by atoms with van der Waals surface area (Å²) >= 11 is 0. The van der Waals surface area contributed by atoms with Gasteiger partial charge in [0.15, 0.2) is 0 Å². The van der Waals surface area contributed by atoms with Crippen LogP contribution in [0.4, 0.5) is 0 Å². The van der Waals surface area contributed by atoms with Crippen LogP contribution in [0.15, 0.2) is 42.6 Å². The van der Waals surface area contributed by atoms with Gasteiger partial charge in [0.05, 0.1) is 11.4 Å². The highest BCUT2D eigenvalue weighted by Gasteiger charge is 2.01. The number of aromatic nitrogens is 2. The van der Waals surface area contributed by atoms with Crippen molar-refractivity contribution in [3.63, 3.8) is 0 Å². The first-order valence-electron chi connectivity index (χ1n) is 6.27. The normalized spacial score (nSPS) is 10.4. The highest BCUT2D eigenvalue weighted by Crippen LogP contribution is 2.14. The van der Waals surface area contributed by atoms with Crippen LogP contribution in [-0.4, -0.2) is 9.97 Å². The van der Waals surface area contributed by atoms with Crippen molar-refractivity contribution in [1.82, 2.24) is 9.97 Å². The lowest BCUT2D eigenvalue weighted by Crippen LogP contribution is -1.93. The Morgan fingerprint density at radius 1 is 0.941 bits per heavy atom. The van der Waals surface area contributed by atoms with E-state index in [0.29, 0.717) is 0 Å². The van der Waals surface area contributed by atoms with Crippen molar-refractivity contribution in [1.29, 1.82) is 0 Å². The average molecular weight is 226 g/mol. The number of hydrogen-bond acceptors (Lipinski definition) is 2. The summed E-state index contributed by atoms with van der Waals surface area (Å²) in [6.45, 7) is 2.22. The number of pyridine rings is 2. The predicted molar refractivity (Wildman–Crippen MR) is 70.7 cm³/mol. The highest BCUT2D eigenvalue weighted by atomic mass is 14.8. The molecule has 0 aliphatic carbocycles. The molecule has 0 radical (unpaired) electrons. The minimum absolute atomic E-state index is 0.949. The molecular formula is C15H18N2. The van der Waals surface area contributed by atoms with Crippen molar-refractivity contribution in [2.24, 2.45) is 0 Å². The maximum absolute atomic E-state index is 4.65. The van der Waals surface area contributed by atoms with E-state index in [0.717, 1.165) is 17.8 Å². The number of aryl methyl sites for hydroxylation is 1. The molecule has 0 bridgehead atoms. The summed E-state index contributed by atoms with van der Waals surface area (Å²) in [7, 11) is 0. The zero-order valence-corrected chi connectivity index (χ0v) is 10.3. The molecule has 2 rings (SSSR count). The van der Waals surface area contributed by atoms with Gasteiger partial charge in [0.1, 0.15) is 0 Å². The predicted octanol–water partition coefficient (Wildman–Crippen LogP) is 3.88. The van der Waals surface area contributed by atoms with Crippen molar-refractivity contribution < 1.29 is 0 Å². The summed E-state index contributed by atoms with van der Waals surface area (Å²) in [6, 6.07) is 12.1. The van der Waals surface area contributed by atoms with Crippen molar-refractivity contribution >= 4 is 0 Å². The van der Waals surface area contributed by atoms with Crippen LogP contribution in [0.5, 0.6) is 0 Å². The quantitative estimate of drug-likeness (QED) is 0.723. The first-order chi connectivity index (χ1) is 8.40. The van der Waals surface area contributed by atoms with Crippen LogP contribution in [0.3, 0.4) is 0 Å². The standard InChI is InChI=1S/C15H18N2/c1-2-3-4-8-13-9-7-11-15(17-13)14-10-5-6-12-16-14/h5-7,9-12H,2-4,8H2,1H3. The Bertz CT molecular complexity index is 451. The lowest BCUT2D eigenvalue weighted by molar-refractivity contribution is 0.708. The van der Waals surface area contributed by atoms with E-state index in [1.54, 1.807) is 6.20 Å². The zero-order valence-electron chi connectivity index (χ0n) is 10.3. The third-order valence-electron chi connectivity index (χ3n) is 2.77. The number of hydrogen-bond donors (Lipinski definition) is 0. The zero-order chi connectivity index (χ0) is 11.9. The Labute approximate surface area is 103 Å². The van der Waals surface area contributed by atoms with E-state index >= 15 is 0 Å². The van der Waals surface area contributed by atoms with Gasteiger partial charge >= 0.3 is 0 Å². The molecule has 0 aliphatic rings. The van der Waals surface area contributed by atoms with E-state index in [-0.39, 0.29) is 0 Å². The lowest BCUT2D eigenvalue weighted by atomic mass is 10.1. The third kappa shape index (κ3) is 3.38. The summed E-state index contributed by atoms with van der Waals surface area (Å²) < 4.78 is 0. The van der Waals surface area contributed by atoms with E-state index in [1.807, 2.05) is 24.3 Å². The molecule has 0 spiro atoms. The fourth-order valence-corrected chi connectivity index (χ4v) is 1.83. The summed E-state index contributed by atoms with van der Waals surface area (Å²) in [4.78, 5) is 8.98. The van der Waals surface area contributed by atoms with Gasteiger partial charge in [0.2, 0.25) is 0 Å². The largest absolute Gasteiger partial charge is 0.255 e. The molecule has 2 aromatic rings. The average Bonchev–Trinajstić information content (AvgIpc) is 2.41. The van der Waals surface area contributed by atoms with Gasteiger partial charge < -0.3 is 0 Å². The van der Waals surface area contributed by atoms with Gasteiger partial charge in [-0.15, -0.1) is 0 Å². The molecule has 2 nitrogen and oxygen atoms in total. The molecule has 0 fully saturated rings. The molecule has 2 aromatic heterocycles. The summed E-state index contributed by atoms with van der Waals surface area (Å²) in [5.41, 5.74) is 3.09. The smallest absolute Gasteiger partial charge is 0.0889 e. The molecular weight excluding hydrogens is 208 g/mol. The second kappa shape index (κ2) is 6.14. The van der Waals surface area contributed by atoms with E-state index in [4.69, 9.17) is 0 Å². The number of nitrogens with zero attached hydrogens (tertiary/aromatic N) is 2. The SMILES string of the molecule is CCCCCc1cccc(-c2ccccn2)n1. The topological polar surface area (TPSA) is 25.8 Å². The Kier molecular flexibility index (Phi) is 4.25. The Morgan fingerprint density at radius 3 is 2.59 bits per heavy atom. The van der Waals surface area contributed by atoms with Crippen LogP contribution >= 0.6 is 0 Å². The highest BCUT2D eigenvalue weighted by molar-refractivity contribution is 5.53. The molecule has 0 aliphatic heterocycles. The van der Waals surface area contributed by atoms with Crippen molar-refractivity contribution in [2.45, 2.75) is 32.6 Å². The molecule has 17 heavy (non-hydrogen) atoms. The van der Waals surface area contributed by atoms with Gasteiger partial charge in [0.25, 0.3) is 0 Å². The van der Waals surface area contributed by atoms with E-state index in [1.165, 1.54) is 25.0 Å². The number of unbranched alkanes of at least 4 members (excludes halogenated alkanes) is 2. The van der Waals surface area contributed by atoms with E-state index in [9.17, 15) is 0 Å². The molecule has 0 amide bonds. The Balaban J connectivity index is 2.12. The van der Waals surface area contributed by atoms with Crippen LogP contribution < -0.4 is 0 Å².